The van der Waals surface area contributed by atoms with Crippen LogP contribution in [0.25, 0.3) is 0 Å². The van der Waals surface area contributed by atoms with Crippen LogP contribution in [0.4, 0.5) is 4.39 Å². The molecule has 0 atom stereocenters. The van der Waals surface area contributed by atoms with E-state index in [-0.39, 0.29) is 11.6 Å². The summed E-state index contributed by atoms with van der Waals surface area (Å²) in [6.07, 6.45) is 2.46. The molecule has 2 aromatic carbocycles. The van der Waals surface area contributed by atoms with Crippen LogP contribution in [0.3, 0.4) is 0 Å². The number of rotatable bonds is 5. The van der Waals surface area contributed by atoms with Gasteiger partial charge < -0.3 is 10.1 Å². The molecule has 0 unspecified atom stereocenters. The van der Waals surface area contributed by atoms with Crippen LogP contribution in [0.5, 0.6) is 11.5 Å². The van der Waals surface area contributed by atoms with E-state index in [9.17, 15) is 4.39 Å². The molecule has 1 aliphatic rings. The van der Waals surface area contributed by atoms with Crippen LogP contribution < -0.4 is 10.1 Å². The minimum atomic E-state index is -0.381. The van der Waals surface area contributed by atoms with Gasteiger partial charge in [0.25, 0.3) is 0 Å². The summed E-state index contributed by atoms with van der Waals surface area (Å²) in [4.78, 5) is 0. The quantitative estimate of drug-likeness (QED) is 0.707. The predicted octanol–water partition coefficient (Wildman–Crippen LogP) is 5.40. The minimum absolute atomic E-state index is 0.230. The molecule has 0 aliphatic heterocycles. The van der Waals surface area contributed by atoms with Crippen molar-refractivity contribution in [2.45, 2.75) is 25.4 Å². The van der Waals surface area contributed by atoms with Crippen molar-refractivity contribution in [2.24, 2.45) is 0 Å². The Bertz CT molecular complexity index is 659. The van der Waals surface area contributed by atoms with E-state index in [1.807, 2.05) is 18.2 Å². The molecule has 5 heteroatoms. The molecule has 2 nitrogen and oxygen atoms in total. The molecule has 3 rings (SSSR count). The smallest absolute Gasteiger partial charge is 0.166 e. The Labute approximate surface area is 140 Å². The molecule has 0 aromatic heterocycles. The zero-order chi connectivity index (χ0) is 14.8. The van der Waals surface area contributed by atoms with Crippen LogP contribution in [0.15, 0.2) is 45.3 Å². The molecule has 0 bridgehead atoms. The van der Waals surface area contributed by atoms with E-state index >= 15 is 0 Å². The number of ether oxygens (including phenoxy) is 1. The van der Waals surface area contributed by atoms with E-state index in [1.54, 1.807) is 12.1 Å². The fraction of sp³-hybridized carbons (Fsp3) is 0.250. The zero-order valence-corrected chi connectivity index (χ0v) is 14.4. The molecule has 1 N–H and O–H groups in total. The summed E-state index contributed by atoms with van der Waals surface area (Å²) in [6.45, 7) is 0.720. The molecule has 21 heavy (non-hydrogen) atoms. The summed E-state index contributed by atoms with van der Waals surface area (Å²) in [7, 11) is 0. The number of benzene rings is 2. The van der Waals surface area contributed by atoms with Gasteiger partial charge in [-0.15, -0.1) is 0 Å². The summed E-state index contributed by atoms with van der Waals surface area (Å²) in [5, 5.41) is 3.45. The molecule has 0 heterocycles. The highest BCUT2D eigenvalue weighted by molar-refractivity contribution is 9.10. The Morgan fingerprint density at radius 1 is 1.05 bits per heavy atom. The van der Waals surface area contributed by atoms with Gasteiger partial charge in [0.05, 0.1) is 0 Å². The Hall–Kier alpha value is -0.910. The lowest BCUT2D eigenvalue weighted by atomic mass is 10.2. The molecular weight excluding hydrogens is 401 g/mol. The minimum Gasteiger partial charge on any atom is -0.454 e. The van der Waals surface area contributed by atoms with Crippen LogP contribution >= 0.6 is 31.9 Å². The third-order valence-corrected chi connectivity index (χ3v) is 4.28. The van der Waals surface area contributed by atoms with Crippen LogP contribution in [0.1, 0.15) is 18.4 Å². The van der Waals surface area contributed by atoms with Crippen LogP contribution in [0, 0.1) is 5.82 Å². The second-order valence-electron chi connectivity index (χ2n) is 5.08. The highest BCUT2D eigenvalue weighted by Gasteiger charge is 2.21. The Morgan fingerprint density at radius 2 is 1.71 bits per heavy atom. The standard InChI is InChI=1S/C16H14Br2FNO/c17-11-1-5-15(10(7-11)9-20-13-3-4-13)21-16-6-2-12(18)8-14(16)19/h1-2,5-8,13,20H,3-4,9H2. The lowest BCUT2D eigenvalue weighted by Gasteiger charge is -2.13. The van der Waals surface area contributed by atoms with Gasteiger partial charge in [0.1, 0.15) is 5.75 Å². The highest BCUT2D eigenvalue weighted by Crippen LogP contribution is 2.31. The molecular formula is C16H14Br2FNO. The van der Waals surface area contributed by atoms with Gasteiger partial charge in [0.2, 0.25) is 0 Å². The second-order valence-corrected chi connectivity index (χ2v) is 6.92. The maximum absolute atomic E-state index is 13.9. The Kier molecular flexibility index (Phi) is 4.62. The largest absolute Gasteiger partial charge is 0.454 e. The second kappa shape index (κ2) is 6.46. The van der Waals surface area contributed by atoms with Crippen LogP contribution in [0.2, 0.25) is 0 Å². The van der Waals surface area contributed by atoms with Gasteiger partial charge in [0.15, 0.2) is 11.6 Å². The van der Waals surface area contributed by atoms with Crippen molar-refractivity contribution in [1.82, 2.24) is 5.32 Å². The first-order valence-corrected chi connectivity index (χ1v) is 8.35. The third kappa shape index (κ3) is 4.05. The molecule has 110 valence electrons. The van der Waals surface area contributed by atoms with Crippen molar-refractivity contribution in [2.75, 3.05) is 0 Å². The molecule has 0 radical (unpaired) electrons. The van der Waals surface area contributed by atoms with Gasteiger partial charge in [-0.3, -0.25) is 0 Å². The average molecular weight is 415 g/mol. The van der Waals surface area contributed by atoms with Gasteiger partial charge in [0, 0.05) is 27.1 Å². The lowest BCUT2D eigenvalue weighted by Crippen LogP contribution is -2.15. The molecule has 2 aromatic rings. The summed E-state index contributed by atoms with van der Waals surface area (Å²) < 4.78 is 21.3. The number of nitrogens with one attached hydrogen (secondary N) is 1. The molecule has 0 amide bonds. The average Bonchev–Trinajstić information content (AvgIpc) is 3.26. The Balaban J connectivity index is 1.82. The van der Waals surface area contributed by atoms with Crippen molar-refractivity contribution >= 4 is 31.9 Å². The summed E-state index contributed by atoms with van der Waals surface area (Å²) in [5.74, 6) is 0.522. The van der Waals surface area contributed by atoms with Gasteiger partial charge in [-0.1, -0.05) is 31.9 Å². The SMILES string of the molecule is Fc1cc(Br)ccc1Oc1ccc(Br)cc1CNC1CC1. The van der Waals surface area contributed by atoms with E-state index in [0.717, 1.165) is 16.6 Å². The maximum atomic E-state index is 13.9. The fourth-order valence-electron chi connectivity index (χ4n) is 2.00. The first-order valence-electron chi connectivity index (χ1n) is 6.76. The van der Waals surface area contributed by atoms with Crippen molar-refractivity contribution in [1.29, 1.82) is 0 Å². The number of hydrogen-bond donors (Lipinski definition) is 1. The van der Waals surface area contributed by atoms with E-state index in [1.165, 1.54) is 18.9 Å². The summed E-state index contributed by atoms with van der Waals surface area (Å²) in [6, 6.07) is 11.2. The Morgan fingerprint density at radius 3 is 2.38 bits per heavy atom. The van der Waals surface area contributed by atoms with E-state index in [0.29, 0.717) is 16.3 Å². The monoisotopic (exact) mass is 413 g/mol. The predicted molar refractivity (Wildman–Crippen MR) is 88.2 cm³/mol. The van der Waals surface area contributed by atoms with E-state index in [2.05, 4.69) is 37.2 Å². The molecule has 1 saturated carbocycles. The lowest BCUT2D eigenvalue weighted by molar-refractivity contribution is 0.435. The highest BCUT2D eigenvalue weighted by atomic mass is 79.9. The van der Waals surface area contributed by atoms with E-state index in [4.69, 9.17) is 4.74 Å². The van der Waals surface area contributed by atoms with Crippen molar-refractivity contribution in [3.63, 3.8) is 0 Å². The van der Waals surface area contributed by atoms with Gasteiger partial charge in [-0.05, 0) is 49.2 Å². The summed E-state index contributed by atoms with van der Waals surface area (Å²) >= 11 is 6.71. The van der Waals surface area contributed by atoms with Crippen LogP contribution in [-0.2, 0) is 6.54 Å². The van der Waals surface area contributed by atoms with Gasteiger partial charge in [-0.25, -0.2) is 4.39 Å². The summed E-state index contributed by atoms with van der Waals surface area (Å²) in [5.41, 5.74) is 1.01. The first kappa shape index (κ1) is 15.0. The van der Waals surface area contributed by atoms with Crippen molar-refractivity contribution < 1.29 is 9.13 Å². The van der Waals surface area contributed by atoms with Gasteiger partial charge in [-0.2, -0.15) is 0 Å². The molecule has 1 aliphatic carbocycles. The first-order chi connectivity index (χ1) is 10.1. The normalized spacial score (nSPS) is 14.2. The number of hydrogen-bond acceptors (Lipinski definition) is 2. The molecule has 1 fully saturated rings. The molecule has 0 saturated heterocycles. The zero-order valence-electron chi connectivity index (χ0n) is 11.2. The number of halogens is 3. The fourth-order valence-corrected chi connectivity index (χ4v) is 2.75. The maximum Gasteiger partial charge on any atom is 0.166 e. The van der Waals surface area contributed by atoms with Gasteiger partial charge >= 0.3 is 0 Å². The van der Waals surface area contributed by atoms with Crippen LogP contribution in [-0.4, -0.2) is 6.04 Å². The third-order valence-electron chi connectivity index (χ3n) is 3.29. The van der Waals surface area contributed by atoms with E-state index < -0.39 is 0 Å². The molecule has 0 spiro atoms. The van der Waals surface area contributed by atoms with Crippen molar-refractivity contribution in [3.05, 3.63) is 56.7 Å². The van der Waals surface area contributed by atoms with Crippen molar-refractivity contribution in [3.8, 4) is 11.5 Å². The topological polar surface area (TPSA) is 21.3 Å².